The minimum Gasteiger partial charge on any atom is -0.346 e. The maximum absolute atomic E-state index is 8.96. The first-order valence-electron chi connectivity index (χ1n) is 6.87. The molecule has 1 heterocycles. The highest BCUT2D eigenvalue weighted by molar-refractivity contribution is 5.53. The highest BCUT2D eigenvalue weighted by atomic mass is 15.2. The first-order chi connectivity index (χ1) is 9.17. The van der Waals surface area contributed by atoms with Gasteiger partial charge in [-0.05, 0) is 38.8 Å². The predicted octanol–water partition coefficient (Wildman–Crippen LogP) is 3.79. The Morgan fingerprint density at radius 1 is 1.05 bits per heavy atom. The molecule has 3 heteroatoms. The van der Waals surface area contributed by atoms with Crippen molar-refractivity contribution in [3.05, 3.63) is 34.7 Å². The Labute approximate surface area is 115 Å². The van der Waals surface area contributed by atoms with Gasteiger partial charge in [-0.1, -0.05) is 19.3 Å². The van der Waals surface area contributed by atoms with Gasteiger partial charge >= 0.3 is 0 Å². The second kappa shape index (κ2) is 5.76. The fourth-order valence-electron chi connectivity index (χ4n) is 3.12. The van der Waals surface area contributed by atoms with Gasteiger partial charge in [0, 0.05) is 23.0 Å². The van der Waals surface area contributed by atoms with Gasteiger partial charge in [0.1, 0.15) is 17.7 Å². The van der Waals surface area contributed by atoms with Crippen molar-refractivity contribution in [2.75, 3.05) is 0 Å². The first-order valence-corrected chi connectivity index (χ1v) is 6.87. The molecular formula is C16H19N3. The lowest BCUT2D eigenvalue weighted by atomic mass is 9.92. The van der Waals surface area contributed by atoms with E-state index in [2.05, 4.69) is 18.7 Å². The van der Waals surface area contributed by atoms with Crippen LogP contribution in [0.1, 0.15) is 46.0 Å². The van der Waals surface area contributed by atoms with Gasteiger partial charge in [0.15, 0.2) is 0 Å². The molecule has 0 radical (unpaired) electrons. The van der Waals surface area contributed by atoms with Gasteiger partial charge in [0.2, 0.25) is 0 Å². The Bertz CT molecular complexity index is 493. The van der Waals surface area contributed by atoms with Gasteiger partial charge in [-0.3, -0.25) is 0 Å². The van der Waals surface area contributed by atoms with Gasteiger partial charge in [-0.15, -0.1) is 0 Å². The summed E-state index contributed by atoms with van der Waals surface area (Å²) in [6.07, 6.45) is 10.3. The molecule has 1 aliphatic carbocycles. The van der Waals surface area contributed by atoms with E-state index in [1.54, 1.807) is 0 Å². The van der Waals surface area contributed by atoms with Crippen LogP contribution in [0.4, 0.5) is 0 Å². The lowest BCUT2D eigenvalue weighted by molar-refractivity contribution is 0.242. The molecule has 0 aromatic heterocycles. The highest BCUT2D eigenvalue weighted by Gasteiger charge is 2.25. The molecule has 0 atom stereocenters. The zero-order valence-corrected chi connectivity index (χ0v) is 11.6. The number of nitriles is 2. The summed E-state index contributed by atoms with van der Waals surface area (Å²) in [6.45, 7) is 4.13. The van der Waals surface area contributed by atoms with Crippen molar-refractivity contribution in [1.29, 1.82) is 10.5 Å². The van der Waals surface area contributed by atoms with E-state index in [1.807, 2.05) is 24.3 Å². The topological polar surface area (TPSA) is 50.8 Å². The molecular weight excluding hydrogens is 234 g/mol. The summed E-state index contributed by atoms with van der Waals surface area (Å²) in [5.41, 5.74) is 3.23. The Kier molecular flexibility index (Phi) is 4.07. The van der Waals surface area contributed by atoms with Crippen LogP contribution >= 0.6 is 0 Å². The van der Waals surface area contributed by atoms with Gasteiger partial charge in [0.05, 0.1) is 0 Å². The van der Waals surface area contributed by atoms with Crippen LogP contribution in [0.15, 0.2) is 34.7 Å². The number of allylic oxidation sites excluding steroid dienone is 6. The minimum absolute atomic E-state index is 0.196. The van der Waals surface area contributed by atoms with E-state index in [-0.39, 0.29) is 5.57 Å². The quantitative estimate of drug-likeness (QED) is 0.668. The van der Waals surface area contributed by atoms with Crippen LogP contribution in [0, 0.1) is 22.7 Å². The molecule has 2 rings (SSSR count). The van der Waals surface area contributed by atoms with Crippen LogP contribution in [0.5, 0.6) is 0 Å². The molecule has 1 aliphatic heterocycles. The summed E-state index contributed by atoms with van der Waals surface area (Å²) < 4.78 is 0. The van der Waals surface area contributed by atoms with Gasteiger partial charge in [-0.2, -0.15) is 10.5 Å². The zero-order valence-electron chi connectivity index (χ0n) is 11.6. The lowest BCUT2D eigenvalue weighted by Gasteiger charge is -2.39. The third-order valence-corrected chi connectivity index (χ3v) is 3.94. The zero-order chi connectivity index (χ0) is 13.8. The van der Waals surface area contributed by atoms with Crippen molar-refractivity contribution in [1.82, 2.24) is 4.90 Å². The van der Waals surface area contributed by atoms with Crippen molar-refractivity contribution in [2.24, 2.45) is 0 Å². The Hall–Kier alpha value is -2.00. The van der Waals surface area contributed by atoms with E-state index >= 15 is 0 Å². The number of rotatable bonds is 1. The number of hydrogen-bond acceptors (Lipinski definition) is 3. The Morgan fingerprint density at radius 3 is 2.05 bits per heavy atom. The first kappa shape index (κ1) is 13.4. The molecule has 0 saturated heterocycles. The van der Waals surface area contributed by atoms with Crippen molar-refractivity contribution < 1.29 is 0 Å². The largest absolute Gasteiger partial charge is 0.346 e. The summed E-state index contributed by atoms with van der Waals surface area (Å²) in [5, 5.41) is 17.9. The summed E-state index contributed by atoms with van der Waals surface area (Å²) >= 11 is 0. The standard InChI is InChI=1S/C16H19N3/c1-12-8-14(15(10-17)11-18)9-13(2)19(12)16-6-4-3-5-7-16/h8-9,16H,3-7H2,1-2H3. The molecule has 0 bridgehead atoms. The molecule has 2 aliphatic rings. The van der Waals surface area contributed by atoms with Crippen molar-refractivity contribution in [2.45, 2.75) is 52.0 Å². The molecule has 1 saturated carbocycles. The minimum atomic E-state index is 0.196. The highest BCUT2D eigenvalue weighted by Crippen LogP contribution is 2.32. The number of nitrogens with zero attached hydrogens (tertiary/aromatic N) is 3. The van der Waals surface area contributed by atoms with Crippen molar-refractivity contribution in [3.63, 3.8) is 0 Å². The smallest absolute Gasteiger partial charge is 0.137 e. The molecule has 0 unspecified atom stereocenters. The van der Waals surface area contributed by atoms with E-state index in [9.17, 15) is 0 Å². The van der Waals surface area contributed by atoms with E-state index in [1.165, 1.54) is 32.1 Å². The molecule has 98 valence electrons. The lowest BCUT2D eigenvalue weighted by Crippen LogP contribution is -2.35. The van der Waals surface area contributed by atoms with E-state index < -0.39 is 0 Å². The molecule has 0 aromatic rings. The number of hydrogen-bond donors (Lipinski definition) is 0. The molecule has 0 amide bonds. The van der Waals surface area contributed by atoms with Gasteiger partial charge < -0.3 is 4.90 Å². The van der Waals surface area contributed by atoms with E-state index in [0.29, 0.717) is 6.04 Å². The van der Waals surface area contributed by atoms with Crippen LogP contribution < -0.4 is 0 Å². The summed E-state index contributed by atoms with van der Waals surface area (Å²) in [5.74, 6) is 0. The molecule has 0 spiro atoms. The second-order valence-corrected chi connectivity index (χ2v) is 5.29. The fourth-order valence-corrected chi connectivity index (χ4v) is 3.12. The predicted molar refractivity (Wildman–Crippen MR) is 74.5 cm³/mol. The molecule has 19 heavy (non-hydrogen) atoms. The van der Waals surface area contributed by atoms with E-state index in [4.69, 9.17) is 10.5 Å². The van der Waals surface area contributed by atoms with Crippen LogP contribution in [-0.4, -0.2) is 10.9 Å². The monoisotopic (exact) mass is 253 g/mol. The van der Waals surface area contributed by atoms with Crippen LogP contribution in [0.25, 0.3) is 0 Å². The summed E-state index contributed by atoms with van der Waals surface area (Å²) in [7, 11) is 0. The SMILES string of the molecule is CC1=CC(=C(C#N)C#N)C=C(C)N1C1CCCCC1. The normalized spacial score (nSPS) is 20.2. The van der Waals surface area contributed by atoms with Crippen molar-refractivity contribution in [3.8, 4) is 12.1 Å². The third kappa shape index (κ3) is 2.71. The molecule has 0 N–H and O–H groups in total. The van der Waals surface area contributed by atoms with Crippen LogP contribution in [0.3, 0.4) is 0 Å². The van der Waals surface area contributed by atoms with Crippen LogP contribution in [0.2, 0.25) is 0 Å². The second-order valence-electron chi connectivity index (χ2n) is 5.29. The molecule has 3 nitrogen and oxygen atoms in total. The van der Waals surface area contributed by atoms with Crippen LogP contribution in [-0.2, 0) is 0 Å². The van der Waals surface area contributed by atoms with E-state index in [0.717, 1.165) is 17.0 Å². The van der Waals surface area contributed by atoms with Crippen molar-refractivity contribution >= 4 is 0 Å². The third-order valence-electron chi connectivity index (χ3n) is 3.94. The average molecular weight is 253 g/mol. The fraction of sp³-hybridized carbons (Fsp3) is 0.500. The van der Waals surface area contributed by atoms with Gasteiger partial charge in [-0.25, -0.2) is 0 Å². The molecule has 0 aromatic carbocycles. The van der Waals surface area contributed by atoms with Gasteiger partial charge in [0.25, 0.3) is 0 Å². The average Bonchev–Trinajstić information content (AvgIpc) is 2.40. The maximum atomic E-state index is 8.96. The Morgan fingerprint density at radius 2 is 1.58 bits per heavy atom. The Balaban J connectivity index is 2.31. The summed E-state index contributed by atoms with van der Waals surface area (Å²) in [4.78, 5) is 2.37. The molecule has 1 fully saturated rings. The summed E-state index contributed by atoms with van der Waals surface area (Å²) in [6, 6.07) is 4.51. The maximum Gasteiger partial charge on any atom is 0.137 e.